The monoisotopic (exact) mass is 460 g/mol. The van der Waals surface area contributed by atoms with Crippen LogP contribution in [0.3, 0.4) is 0 Å². The average Bonchev–Trinajstić information content (AvgIpc) is 2.91. The highest BCUT2D eigenvalue weighted by atomic mass is 16.1. The molecule has 0 spiro atoms. The van der Waals surface area contributed by atoms with Gasteiger partial charge in [-0.05, 0) is 24.3 Å². The van der Waals surface area contributed by atoms with E-state index in [9.17, 15) is 19.2 Å². The lowest BCUT2D eigenvalue weighted by atomic mass is 9.97. The Balaban J connectivity index is 1.90. The lowest BCUT2D eigenvalue weighted by Gasteiger charge is -2.03. The van der Waals surface area contributed by atoms with Crippen molar-refractivity contribution < 1.29 is 0 Å². The molecule has 4 heteroatoms. The van der Waals surface area contributed by atoms with Gasteiger partial charge in [-0.15, -0.1) is 0 Å². The van der Waals surface area contributed by atoms with Crippen LogP contribution in [0.2, 0.25) is 0 Å². The summed E-state index contributed by atoms with van der Waals surface area (Å²) in [7, 11) is 0. The first-order chi connectivity index (χ1) is 17.5. The van der Waals surface area contributed by atoms with E-state index in [0.29, 0.717) is 21.5 Å². The van der Waals surface area contributed by atoms with E-state index < -0.39 is 0 Å². The zero-order chi connectivity index (χ0) is 24.6. The molecule has 0 amide bonds. The van der Waals surface area contributed by atoms with Gasteiger partial charge in [-0.2, -0.15) is 0 Å². The fourth-order valence-electron chi connectivity index (χ4n) is 5.17. The van der Waals surface area contributed by atoms with Crippen LogP contribution in [0.15, 0.2) is 92.0 Å². The summed E-state index contributed by atoms with van der Waals surface area (Å²) in [5, 5.41) is 3.56. The van der Waals surface area contributed by atoms with Crippen molar-refractivity contribution in [1.82, 2.24) is 0 Å². The topological polar surface area (TPSA) is 68.3 Å². The summed E-state index contributed by atoms with van der Waals surface area (Å²) in [5.74, 6) is 0. The molecule has 7 rings (SSSR count). The van der Waals surface area contributed by atoms with Crippen LogP contribution in [0.4, 0.5) is 0 Å². The molecule has 0 aromatic heterocycles. The number of hydrogen-bond donors (Lipinski definition) is 0. The molecule has 7 aromatic carbocycles. The minimum atomic E-state index is -0.312. The lowest BCUT2D eigenvalue weighted by molar-refractivity contribution is 1.68. The maximum absolute atomic E-state index is 13.8. The molecule has 164 valence electrons. The molecule has 0 fully saturated rings. The predicted molar refractivity (Wildman–Crippen MR) is 143 cm³/mol. The van der Waals surface area contributed by atoms with Gasteiger partial charge in [0.1, 0.15) is 0 Å². The highest BCUT2D eigenvalue weighted by Crippen LogP contribution is 2.22. The van der Waals surface area contributed by atoms with Crippen LogP contribution in [0.5, 0.6) is 0 Å². The van der Waals surface area contributed by atoms with E-state index in [1.54, 1.807) is 72.8 Å². The third kappa shape index (κ3) is 2.56. The van der Waals surface area contributed by atoms with Gasteiger partial charge >= 0.3 is 0 Å². The minimum Gasteiger partial charge on any atom is -0.289 e. The molecule has 0 aliphatic rings. The van der Waals surface area contributed by atoms with Crippen LogP contribution in [0.1, 0.15) is 0 Å². The van der Waals surface area contributed by atoms with E-state index in [1.165, 1.54) is 0 Å². The third-order valence-electron chi connectivity index (χ3n) is 6.81. The Morgan fingerprint density at radius 3 is 0.833 bits per heavy atom. The van der Waals surface area contributed by atoms with Crippen molar-refractivity contribution in [2.45, 2.75) is 0 Å². The molecule has 0 N–H and O–H groups in total. The van der Waals surface area contributed by atoms with Gasteiger partial charge in [0, 0.05) is 64.6 Å². The van der Waals surface area contributed by atoms with Gasteiger partial charge in [0.25, 0.3) is 0 Å². The molecule has 7 aromatic rings. The van der Waals surface area contributed by atoms with Crippen LogP contribution in [-0.4, -0.2) is 0 Å². The van der Waals surface area contributed by atoms with Crippen molar-refractivity contribution in [2.75, 3.05) is 0 Å². The Labute approximate surface area is 202 Å². The minimum absolute atomic E-state index is 0.226. The maximum Gasteiger partial charge on any atom is 0.197 e. The first-order valence-corrected chi connectivity index (χ1v) is 11.3. The normalized spacial score (nSPS) is 11.3. The largest absolute Gasteiger partial charge is 0.289 e. The van der Waals surface area contributed by atoms with E-state index in [1.807, 2.05) is 0 Å². The Morgan fingerprint density at radius 1 is 0.333 bits per heavy atom. The predicted octanol–water partition coefficient (Wildman–Crippen LogP) is 4.69. The van der Waals surface area contributed by atoms with Gasteiger partial charge in [-0.1, -0.05) is 72.8 Å². The number of rotatable bonds is 0. The van der Waals surface area contributed by atoms with Crippen molar-refractivity contribution in [2.24, 2.45) is 0 Å². The van der Waals surface area contributed by atoms with Gasteiger partial charge in [-0.3, -0.25) is 19.2 Å². The first-order valence-electron chi connectivity index (χ1n) is 11.3. The van der Waals surface area contributed by atoms with Crippen molar-refractivity contribution in [1.29, 1.82) is 0 Å². The van der Waals surface area contributed by atoms with Gasteiger partial charge in [0.15, 0.2) is 21.7 Å². The zero-order valence-electron chi connectivity index (χ0n) is 18.6. The molecular formula is C32H12O4. The molecule has 0 aliphatic heterocycles. The smallest absolute Gasteiger partial charge is 0.197 e. The molecular weight excluding hydrogens is 448 g/mol. The van der Waals surface area contributed by atoms with Crippen LogP contribution < -0.4 is 21.7 Å². The molecule has 0 unspecified atom stereocenters. The van der Waals surface area contributed by atoms with Crippen molar-refractivity contribution in [3.05, 3.63) is 138 Å². The summed E-state index contributed by atoms with van der Waals surface area (Å²) >= 11 is 0. The zero-order valence-corrected chi connectivity index (χ0v) is 18.6. The second kappa shape index (κ2) is 7.09. The van der Waals surface area contributed by atoms with Crippen LogP contribution in [0.25, 0.3) is 64.6 Å². The van der Waals surface area contributed by atoms with Crippen molar-refractivity contribution >= 4 is 64.6 Å². The number of benzene rings is 6. The molecule has 4 bridgehead atoms. The quantitative estimate of drug-likeness (QED) is 0.308. The molecule has 0 saturated carbocycles. The molecule has 0 atom stereocenters. The van der Waals surface area contributed by atoms with Crippen LogP contribution in [-0.2, 0) is 0 Å². The average molecular weight is 460 g/mol. The second-order valence-corrected chi connectivity index (χ2v) is 8.73. The Kier molecular flexibility index (Phi) is 3.96. The molecule has 4 nitrogen and oxygen atoms in total. The highest BCUT2D eigenvalue weighted by molar-refractivity contribution is 6.11. The van der Waals surface area contributed by atoms with Gasteiger partial charge in [0.05, 0.1) is 0 Å². The van der Waals surface area contributed by atoms with E-state index in [2.05, 4.69) is 24.3 Å². The van der Waals surface area contributed by atoms with Gasteiger partial charge < -0.3 is 0 Å². The van der Waals surface area contributed by atoms with Crippen LogP contribution in [0, 0.1) is 24.3 Å². The molecule has 36 heavy (non-hydrogen) atoms. The second-order valence-electron chi connectivity index (χ2n) is 8.73. The summed E-state index contributed by atoms with van der Waals surface area (Å²) in [4.78, 5) is 54.3. The highest BCUT2D eigenvalue weighted by Gasteiger charge is 2.15. The first kappa shape index (κ1) is 20.1. The molecule has 0 saturated heterocycles. The summed E-state index contributed by atoms with van der Waals surface area (Å²) in [6.45, 7) is 0. The van der Waals surface area contributed by atoms with Gasteiger partial charge in [0.2, 0.25) is 0 Å². The van der Waals surface area contributed by atoms with E-state index >= 15 is 0 Å². The fourth-order valence-corrected chi connectivity index (χ4v) is 5.17. The summed E-state index contributed by atoms with van der Waals surface area (Å²) < 4.78 is 0. The molecule has 0 aliphatic carbocycles. The molecule has 0 radical (unpaired) electrons. The van der Waals surface area contributed by atoms with Crippen molar-refractivity contribution in [3.63, 3.8) is 0 Å². The fraction of sp³-hybridized carbons (Fsp3) is 0. The standard InChI is InChI=1S/C32H12O4/c33-29-21-9-1-5-17-13-14-18-6-3-11-23-27(18)32(36)28-20(8-4-12-24(28)30(23)34)16-15-19-7-2-10-22(29)26(19)31(35)25(17)21/h1-12H. The Morgan fingerprint density at radius 2 is 0.583 bits per heavy atom. The van der Waals surface area contributed by atoms with Gasteiger partial charge in [-0.25, -0.2) is 0 Å². The molecule has 0 heterocycles. The summed E-state index contributed by atoms with van der Waals surface area (Å²) in [5.41, 5.74) is -1.14. The van der Waals surface area contributed by atoms with Crippen LogP contribution >= 0.6 is 0 Å². The Hall–Kier alpha value is -5.32. The lowest BCUT2D eigenvalue weighted by Crippen LogP contribution is -2.13. The SMILES string of the molecule is O=c1c2cccc3c#cc4cccc5c(=O)c6cccc(c#cc7cccc1c7c(=O)c32)c6c(=O)c45. The Bertz CT molecular complexity index is 2020. The number of hydrogen-bond acceptors (Lipinski definition) is 4. The summed E-state index contributed by atoms with van der Waals surface area (Å²) in [6, 6.07) is 32.0. The van der Waals surface area contributed by atoms with E-state index in [4.69, 9.17) is 0 Å². The maximum atomic E-state index is 13.8. The summed E-state index contributed by atoms with van der Waals surface area (Å²) in [6.07, 6.45) is 0. The third-order valence-corrected chi connectivity index (χ3v) is 6.81. The van der Waals surface area contributed by atoms with Crippen molar-refractivity contribution in [3.8, 4) is 0 Å². The van der Waals surface area contributed by atoms with E-state index in [0.717, 1.165) is 0 Å². The van der Waals surface area contributed by atoms with E-state index in [-0.39, 0.29) is 64.8 Å².